The van der Waals surface area contributed by atoms with Gasteiger partial charge in [0.2, 0.25) is 0 Å². The molecular formula is C12H13N3O2. The van der Waals surface area contributed by atoms with Gasteiger partial charge in [-0.1, -0.05) is 12.1 Å². The number of hydrogen-bond donors (Lipinski definition) is 2. The summed E-state index contributed by atoms with van der Waals surface area (Å²) in [5.74, 6) is -0.901. The zero-order chi connectivity index (χ0) is 12.3. The molecule has 2 rings (SSSR count). The second-order valence-electron chi connectivity index (χ2n) is 3.75. The van der Waals surface area contributed by atoms with E-state index in [-0.39, 0.29) is 6.42 Å². The van der Waals surface area contributed by atoms with E-state index in [1.165, 1.54) is 0 Å². The largest absolute Gasteiger partial charge is 0.481 e. The zero-order valence-corrected chi connectivity index (χ0v) is 9.15. The Bertz CT molecular complexity index is 508. The molecule has 5 nitrogen and oxygen atoms in total. The monoisotopic (exact) mass is 231 g/mol. The van der Waals surface area contributed by atoms with Crippen molar-refractivity contribution in [1.29, 1.82) is 0 Å². The van der Waals surface area contributed by atoms with E-state index in [2.05, 4.69) is 5.10 Å². The molecule has 1 aromatic heterocycles. The third-order valence-electron chi connectivity index (χ3n) is 2.46. The number of benzene rings is 1. The van der Waals surface area contributed by atoms with Crippen LogP contribution < -0.4 is 5.73 Å². The Labute approximate surface area is 98.5 Å². The van der Waals surface area contributed by atoms with E-state index >= 15 is 0 Å². The van der Waals surface area contributed by atoms with Crippen LogP contribution in [0.3, 0.4) is 0 Å². The Morgan fingerprint density at radius 3 is 2.94 bits per heavy atom. The second kappa shape index (κ2) is 4.80. The van der Waals surface area contributed by atoms with E-state index < -0.39 is 12.0 Å². The van der Waals surface area contributed by atoms with E-state index in [0.29, 0.717) is 0 Å². The Balaban J connectivity index is 2.25. The van der Waals surface area contributed by atoms with Crippen LogP contribution in [0, 0.1) is 0 Å². The Kier molecular flexibility index (Phi) is 3.20. The second-order valence-corrected chi connectivity index (χ2v) is 3.75. The van der Waals surface area contributed by atoms with Crippen LogP contribution >= 0.6 is 0 Å². The summed E-state index contributed by atoms with van der Waals surface area (Å²) >= 11 is 0. The van der Waals surface area contributed by atoms with Crippen molar-refractivity contribution in [1.82, 2.24) is 9.78 Å². The number of carboxylic acids is 1. The van der Waals surface area contributed by atoms with Crippen molar-refractivity contribution in [3.8, 4) is 5.69 Å². The summed E-state index contributed by atoms with van der Waals surface area (Å²) in [6, 6.07) is 8.73. The molecule has 17 heavy (non-hydrogen) atoms. The minimum Gasteiger partial charge on any atom is -0.481 e. The van der Waals surface area contributed by atoms with Gasteiger partial charge in [0.05, 0.1) is 12.1 Å². The molecule has 0 aliphatic heterocycles. The molecule has 1 atom stereocenters. The number of aromatic nitrogens is 2. The van der Waals surface area contributed by atoms with Crippen LogP contribution in [0.25, 0.3) is 5.69 Å². The molecule has 2 aromatic rings. The smallest absolute Gasteiger partial charge is 0.305 e. The van der Waals surface area contributed by atoms with Gasteiger partial charge >= 0.3 is 5.97 Å². The molecule has 0 amide bonds. The maximum Gasteiger partial charge on any atom is 0.305 e. The molecule has 1 unspecified atom stereocenters. The summed E-state index contributed by atoms with van der Waals surface area (Å²) in [6.45, 7) is 0. The average molecular weight is 231 g/mol. The van der Waals surface area contributed by atoms with Gasteiger partial charge in [-0.05, 0) is 23.8 Å². The molecule has 0 aliphatic rings. The number of rotatable bonds is 4. The van der Waals surface area contributed by atoms with Gasteiger partial charge in [-0.15, -0.1) is 0 Å². The SMILES string of the molecule is NC(CC(=O)O)c1cccc(-n2cccn2)c1. The van der Waals surface area contributed by atoms with Crippen molar-refractivity contribution >= 4 is 5.97 Å². The zero-order valence-electron chi connectivity index (χ0n) is 9.15. The standard InChI is InChI=1S/C12H13N3O2/c13-11(8-12(16)17)9-3-1-4-10(7-9)15-6-2-5-14-15/h1-7,11H,8,13H2,(H,16,17). The van der Waals surface area contributed by atoms with Crippen LogP contribution in [0.4, 0.5) is 0 Å². The highest BCUT2D eigenvalue weighted by molar-refractivity contribution is 5.68. The molecule has 0 bridgehead atoms. The minimum absolute atomic E-state index is 0.0808. The Morgan fingerprint density at radius 2 is 2.29 bits per heavy atom. The predicted octanol–water partition coefficient (Wildman–Crippen LogP) is 1.35. The summed E-state index contributed by atoms with van der Waals surface area (Å²) in [7, 11) is 0. The van der Waals surface area contributed by atoms with E-state index in [0.717, 1.165) is 11.3 Å². The van der Waals surface area contributed by atoms with Gasteiger partial charge in [-0.2, -0.15) is 5.10 Å². The molecule has 5 heteroatoms. The quantitative estimate of drug-likeness (QED) is 0.832. The van der Waals surface area contributed by atoms with E-state index in [9.17, 15) is 4.79 Å². The van der Waals surface area contributed by atoms with Gasteiger partial charge in [-0.3, -0.25) is 4.79 Å². The van der Waals surface area contributed by atoms with Crippen LogP contribution in [0.1, 0.15) is 18.0 Å². The fourth-order valence-corrected chi connectivity index (χ4v) is 1.63. The Hall–Kier alpha value is -2.14. The maximum absolute atomic E-state index is 10.6. The van der Waals surface area contributed by atoms with Crippen LogP contribution in [0.5, 0.6) is 0 Å². The lowest BCUT2D eigenvalue weighted by Crippen LogP contribution is -2.15. The fraction of sp³-hybridized carbons (Fsp3) is 0.167. The van der Waals surface area contributed by atoms with Crippen molar-refractivity contribution in [3.63, 3.8) is 0 Å². The molecule has 0 saturated carbocycles. The summed E-state index contributed by atoms with van der Waals surface area (Å²) < 4.78 is 1.71. The summed E-state index contributed by atoms with van der Waals surface area (Å²) in [5.41, 5.74) is 7.47. The molecule has 3 N–H and O–H groups in total. The van der Waals surface area contributed by atoms with Crippen LogP contribution in [0.2, 0.25) is 0 Å². The molecule has 0 aliphatic carbocycles. The lowest BCUT2D eigenvalue weighted by Gasteiger charge is -2.11. The first-order valence-electron chi connectivity index (χ1n) is 5.24. The number of nitrogens with two attached hydrogens (primary N) is 1. The lowest BCUT2D eigenvalue weighted by molar-refractivity contribution is -0.137. The molecular weight excluding hydrogens is 218 g/mol. The van der Waals surface area contributed by atoms with Gasteiger partial charge in [0.25, 0.3) is 0 Å². The molecule has 88 valence electrons. The first-order valence-corrected chi connectivity index (χ1v) is 5.24. The van der Waals surface area contributed by atoms with Crippen molar-refractivity contribution < 1.29 is 9.90 Å². The molecule has 1 aromatic carbocycles. The van der Waals surface area contributed by atoms with Crippen LogP contribution in [-0.2, 0) is 4.79 Å². The third-order valence-corrected chi connectivity index (χ3v) is 2.46. The molecule has 0 radical (unpaired) electrons. The highest BCUT2D eigenvalue weighted by Gasteiger charge is 2.11. The first kappa shape index (κ1) is 11.3. The molecule has 0 spiro atoms. The van der Waals surface area contributed by atoms with Gasteiger partial charge in [0, 0.05) is 18.4 Å². The van der Waals surface area contributed by atoms with E-state index in [1.54, 1.807) is 10.9 Å². The number of hydrogen-bond acceptors (Lipinski definition) is 3. The van der Waals surface area contributed by atoms with Gasteiger partial charge in [0.1, 0.15) is 0 Å². The third kappa shape index (κ3) is 2.70. The fourth-order valence-electron chi connectivity index (χ4n) is 1.63. The topological polar surface area (TPSA) is 81.1 Å². The summed E-state index contributed by atoms with van der Waals surface area (Å²) in [4.78, 5) is 10.6. The summed E-state index contributed by atoms with van der Waals surface area (Å²) in [5, 5.41) is 12.8. The van der Waals surface area contributed by atoms with Crippen LogP contribution in [0.15, 0.2) is 42.7 Å². The number of nitrogens with zero attached hydrogens (tertiary/aromatic N) is 2. The summed E-state index contributed by atoms with van der Waals surface area (Å²) in [6.07, 6.45) is 3.42. The maximum atomic E-state index is 10.6. The molecule has 0 fully saturated rings. The molecule has 0 saturated heterocycles. The van der Waals surface area contributed by atoms with Gasteiger partial charge in [-0.25, -0.2) is 4.68 Å². The van der Waals surface area contributed by atoms with Crippen molar-refractivity contribution in [2.45, 2.75) is 12.5 Å². The average Bonchev–Trinajstić information content (AvgIpc) is 2.82. The van der Waals surface area contributed by atoms with E-state index in [4.69, 9.17) is 10.8 Å². The van der Waals surface area contributed by atoms with Crippen molar-refractivity contribution in [2.75, 3.05) is 0 Å². The molecule has 1 heterocycles. The van der Waals surface area contributed by atoms with Crippen molar-refractivity contribution in [3.05, 3.63) is 48.3 Å². The van der Waals surface area contributed by atoms with Gasteiger partial charge in [0.15, 0.2) is 0 Å². The predicted molar refractivity (Wildman–Crippen MR) is 62.7 cm³/mol. The lowest BCUT2D eigenvalue weighted by atomic mass is 10.0. The number of aliphatic carboxylic acids is 1. The minimum atomic E-state index is -0.901. The van der Waals surface area contributed by atoms with Crippen molar-refractivity contribution in [2.24, 2.45) is 5.73 Å². The Morgan fingerprint density at radius 1 is 1.47 bits per heavy atom. The first-order chi connectivity index (χ1) is 8.16. The van der Waals surface area contributed by atoms with E-state index in [1.807, 2.05) is 36.5 Å². The number of carboxylic acid groups (broad SMARTS) is 1. The highest BCUT2D eigenvalue weighted by Crippen LogP contribution is 2.17. The number of carbonyl (C=O) groups is 1. The normalized spacial score (nSPS) is 12.3. The van der Waals surface area contributed by atoms with Crippen LogP contribution in [-0.4, -0.2) is 20.9 Å². The van der Waals surface area contributed by atoms with Gasteiger partial charge < -0.3 is 10.8 Å². The highest BCUT2D eigenvalue weighted by atomic mass is 16.4.